The topological polar surface area (TPSA) is 252 Å². The molecule has 2 aromatic heterocycles. The number of nitrogens with zero attached hydrogens (tertiary/aromatic N) is 5. The van der Waals surface area contributed by atoms with Gasteiger partial charge in [0, 0.05) is 32.4 Å². The van der Waals surface area contributed by atoms with Crippen molar-refractivity contribution >= 4 is 68.5 Å². The summed E-state index contributed by atoms with van der Waals surface area (Å²) in [5, 5.41) is 19.2. The number of rotatable bonds is 22. The van der Waals surface area contributed by atoms with Crippen LogP contribution >= 0.6 is 23.1 Å². The number of hydrogen-bond acceptors (Lipinski definition) is 18. The number of thiazole rings is 1. The van der Waals surface area contributed by atoms with Crippen LogP contribution in [-0.2, 0) is 65.8 Å². The van der Waals surface area contributed by atoms with Crippen LogP contribution in [-0.4, -0.2) is 107 Å². The first kappa shape index (κ1) is 59.5. The number of β-lactam (4-membered cyclic amide) rings is 1. The smallest absolute Gasteiger partial charge is 0.356 e. The lowest BCUT2D eigenvalue weighted by atomic mass is 9.77. The number of ether oxygens (including phenoxy) is 4. The van der Waals surface area contributed by atoms with Gasteiger partial charge < -0.3 is 34.4 Å². The fourth-order valence-electron chi connectivity index (χ4n) is 10.0. The Morgan fingerprint density at radius 2 is 1.39 bits per heavy atom. The molecule has 1 saturated heterocycles. The molecule has 4 heterocycles. The molecular formula is C62H60N8O12S3. The molecule has 2 aliphatic heterocycles. The van der Waals surface area contributed by atoms with Crippen LogP contribution in [0.4, 0.5) is 5.13 Å². The number of H-pyrrole nitrogens is 1. The predicted molar refractivity (Wildman–Crippen MR) is 320 cm³/mol. The van der Waals surface area contributed by atoms with Gasteiger partial charge in [0.2, 0.25) is 5.60 Å². The number of amides is 2. The minimum atomic E-state index is -2.01. The van der Waals surface area contributed by atoms with E-state index in [1.165, 1.54) is 37.0 Å². The Morgan fingerprint density at radius 1 is 0.835 bits per heavy atom. The molecule has 10 rings (SSSR count). The number of benzene rings is 5. The minimum Gasteiger partial charge on any atom is -0.457 e. The molecule has 0 radical (unpaired) electrons. The van der Waals surface area contributed by atoms with Crippen molar-refractivity contribution in [3.63, 3.8) is 0 Å². The van der Waals surface area contributed by atoms with Crippen LogP contribution in [0.25, 0.3) is 0 Å². The summed E-state index contributed by atoms with van der Waals surface area (Å²) < 4.78 is 38.4. The lowest BCUT2D eigenvalue weighted by Crippen LogP contribution is -2.74. The van der Waals surface area contributed by atoms with Gasteiger partial charge in [0.25, 0.3) is 11.8 Å². The van der Waals surface area contributed by atoms with Gasteiger partial charge in [-0.05, 0) is 72.1 Å². The third-order valence-electron chi connectivity index (χ3n) is 14.4. The maximum absolute atomic E-state index is 15.1. The molecule has 0 spiro atoms. The van der Waals surface area contributed by atoms with E-state index in [0.717, 1.165) is 37.9 Å². The summed E-state index contributed by atoms with van der Waals surface area (Å²) in [5.74, 6) is -3.70. The van der Waals surface area contributed by atoms with Crippen LogP contribution in [0.3, 0.4) is 0 Å². The molecule has 7 aromatic rings. The Hall–Kier alpha value is -8.61. The van der Waals surface area contributed by atoms with Crippen LogP contribution in [0.1, 0.15) is 79.6 Å². The van der Waals surface area contributed by atoms with E-state index in [-0.39, 0.29) is 47.3 Å². The van der Waals surface area contributed by atoms with Gasteiger partial charge in [-0.25, -0.2) is 19.7 Å². The van der Waals surface area contributed by atoms with E-state index >= 15 is 9.59 Å². The number of fused-ring (bicyclic) bond motifs is 1. The van der Waals surface area contributed by atoms with Gasteiger partial charge in [-0.15, -0.1) is 16.4 Å². The van der Waals surface area contributed by atoms with Crippen LogP contribution in [0.2, 0.25) is 0 Å². The summed E-state index contributed by atoms with van der Waals surface area (Å²) in [7, 11) is 0.731. The Bertz CT molecular complexity index is 3670. The second-order valence-corrected chi connectivity index (χ2v) is 24.3. The second kappa shape index (κ2) is 25.7. The normalized spacial score (nSPS) is 17.7. The summed E-state index contributed by atoms with van der Waals surface area (Å²) >= 11 is 2.06. The van der Waals surface area contributed by atoms with Crippen molar-refractivity contribution in [2.75, 3.05) is 25.3 Å². The largest absolute Gasteiger partial charge is 0.457 e. The third-order valence-corrected chi connectivity index (χ3v) is 17.6. The molecule has 85 heavy (non-hydrogen) atoms. The number of esters is 2. The standard InChI is InChI=1S/C62H60N8O12S3/c1-60(2,3)81-57(76)61(33-21-34-61)82-68-47(45-37-84-58(63-45)65-62(42-26-15-8-16-27-42,43-28-17-9-18-29-43)44-30-19-10-20-31-44)51(71)64-48-53(73)70-49(56(75)80-50(39-22-11-6-12-23-39)40-24-13-7-14-25-40)41(38-85(77)55(48)70)32-35-83-59-67-66-52(72)54(74)69(59)36-46(78-4)79-5/h6-20,22-32,35,37,46,48,50,55H,21,33-34,36,38H2,1-5H3,(H,63,65)(H,64,71)(H,66,72). The molecule has 23 heteroatoms. The average Bonchev–Trinajstić information content (AvgIpc) is 1.23. The highest BCUT2D eigenvalue weighted by molar-refractivity contribution is 8.02. The maximum atomic E-state index is 15.1. The van der Waals surface area contributed by atoms with E-state index < -0.39 is 91.9 Å². The zero-order chi connectivity index (χ0) is 59.9. The van der Waals surface area contributed by atoms with E-state index in [1.54, 1.807) is 74.7 Å². The number of nitrogens with one attached hydrogen (secondary N) is 3. The number of thioether (sulfide) groups is 1. The van der Waals surface area contributed by atoms with Crippen molar-refractivity contribution in [3.05, 3.63) is 234 Å². The van der Waals surface area contributed by atoms with Gasteiger partial charge in [0.15, 0.2) is 28.4 Å². The first-order chi connectivity index (χ1) is 41.0. The highest BCUT2D eigenvalue weighted by Crippen LogP contribution is 2.43. The van der Waals surface area contributed by atoms with Crippen molar-refractivity contribution in [2.24, 2.45) is 5.16 Å². The van der Waals surface area contributed by atoms with Crippen LogP contribution in [0.15, 0.2) is 200 Å². The molecule has 3 unspecified atom stereocenters. The summed E-state index contributed by atoms with van der Waals surface area (Å²) in [4.78, 5) is 96.4. The summed E-state index contributed by atoms with van der Waals surface area (Å²) in [6, 6.07) is 46.0. The van der Waals surface area contributed by atoms with E-state index in [2.05, 4.69) is 26.0 Å². The molecule has 2 amide bonds. The maximum Gasteiger partial charge on any atom is 0.356 e. The summed E-state index contributed by atoms with van der Waals surface area (Å²) in [6.45, 7) is 4.99. The third kappa shape index (κ3) is 12.6. The number of anilines is 1. The van der Waals surface area contributed by atoms with E-state index in [1.807, 2.05) is 103 Å². The fourth-order valence-corrected chi connectivity index (χ4v) is 13.2. The van der Waals surface area contributed by atoms with Crippen LogP contribution < -0.4 is 21.8 Å². The summed E-state index contributed by atoms with van der Waals surface area (Å²) in [6.07, 6.45) is 0.651. The molecule has 3 N–H and O–H groups in total. The van der Waals surface area contributed by atoms with E-state index in [0.29, 0.717) is 22.7 Å². The average molecular weight is 1210 g/mol. The van der Waals surface area contributed by atoms with Crippen LogP contribution in [0.5, 0.6) is 0 Å². The lowest BCUT2D eigenvalue weighted by molar-refractivity contribution is -0.196. The first-order valence-electron chi connectivity index (χ1n) is 27.1. The van der Waals surface area contributed by atoms with Gasteiger partial charge in [0.05, 0.1) is 23.1 Å². The highest BCUT2D eigenvalue weighted by atomic mass is 32.2. The number of methoxy groups -OCH3 is 2. The molecule has 2 fully saturated rings. The number of allylic oxidation sites excluding steroid dienone is 1. The number of aromatic amines is 1. The van der Waals surface area contributed by atoms with E-state index in [4.69, 9.17) is 28.8 Å². The quantitative estimate of drug-likeness (QED) is 0.00859. The van der Waals surface area contributed by atoms with Crippen molar-refractivity contribution in [1.82, 2.24) is 30.0 Å². The molecule has 3 aliphatic rings. The van der Waals surface area contributed by atoms with Crippen molar-refractivity contribution in [1.29, 1.82) is 0 Å². The molecule has 20 nitrogen and oxygen atoms in total. The molecule has 1 saturated carbocycles. The van der Waals surface area contributed by atoms with Gasteiger partial charge >= 0.3 is 23.1 Å². The monoisotopic (exact) mass is 1200 g/mol. The molecule has 5 aromatic carbocycles. The number of aromatic nitrogens is 4. The predicted octanol–water partition coefficient (Wildman–Crippen LogP) is 7.70. The van der Waals surface area contributed by atoms with Gasteiger partial charge in [-0.3, -0.25) is 32.9 Å². The molecule has 0 bridgehead atoms. The van der Waals surface area contributed by atoms with Gasteiger partial charge in [-0.1, -0.05) is 169 Å². The number of oxime groups is 1. The van der Waals surface area contributed by atoms with Crippen molar-refractivity contribution < 1.29 is 47.2 Å². The van der Waals surface area contributed by atoms with Gasteiger partial charge in [-0.2, -0.15) is 0 Å². The van der Waals surface area contributed by atoms with Crippen molar-refractivity contribution in [2.45, 2.75) is 92.3 Å². The molecule has 3 atom stereocenters. The lowest BCUT2D eigenvalue weighted by Gasteiger charge is -2.49. The minimum absolute atomic E-state index is 0.0113. The molecule has 438 valence electrons. The molecule has 1 aliphatic carbocycles. The Labute approximate surface area is 499 Å². The second-order valence-electron chi connectivity index (χ2n) is 21.0. The zero-order valence-corrected chi connectivity index (χ0v) is 49.3. The zero-order valence-electron chi connectivity index (χ0n) is 46.9. The van der Waals surface area contributed by atoms with Crippen molar-refractivity contribution in [3.8, 4) is 0 Å². The number of carbonyl (C=O) groups is 4. The highest BCUT2D eigenvalue weighted by Gasteiger charge is 2.58. The van der Waals surface area contributed by atoms with Gasteiger partial charge in [0.1, 0.15) is 33.9 Å². The first-order valence-corrected chi connectivity index (χ1v) is 30.2. The molecular weight excluding hydrogens is 1140 g/mol. The van der Waals surface area contributed by atoms with E-state index in [9.17, 15) is 23.4 Å². The Balaban J connectivity index is 1.01. The number of hydrogen-bond donors (Lipinski definition) is 3. The Morgan fingerprint density at radius 3 is 1.91 bits per heavy atom. The fraction of sp³-hybridized carbons (Fsp3) is 0.274. The number of carbonyl (C=O) groups excluding carboxylic acids is 4. The summed E-state index contributed by atoms with van der Waals surface area (Å²) in [5.41, 5.74) is -1.98. The SMILES string of the molecule is COC(Cn1c(SC=CC2=C(C(=O)OC(c3ccccc3)c3ccccc3)N3C(=O)C(NC(=O)C(=NOC4(C(=O)OC(C)(C)C)CCC4)c4csc(NC(c5ccccc5)(c5ccccc5)c5ccccc5)n4)C3S(=O)C2)n[nH]c(=O)c1=O)OC. The van der Waals surface area contributed by atoms with Crippen LogP contribution in [0, 0.1) is 0 Å². The Kier molecular flexibility index (Phi) is 18.0.